The molecule has 3 heterocycles. The average molecular weight is 257 g/mol. The first kappa shape index (κ1) is 11.7. The molecular formula is C12H15N7. The fourth-order valence-electron chi connectivity index (χ4n) is 2.11. The largest absolute Gasteiger partial charge is 0.383 e. The molecule has 7 nitrogen and oxygen atoms in total. The van der Waals surface area contributed by atoms with E-state index in [-0.39, 0.29) is 0 Å². The molecule has 5 N–H and O–H groups in total. The summed E-state index contributed by atoms with van der Waals surface area (Å²) in [7, 11) is 1.90. The number of hydrogen-bond acceptors (Lipinski definition) is 6. The van der Waals surface area contributed by atoms with Crippen molar-refractivity contribution in [3.63, 3.8) is 0 Å². The Morgan fingerprint density at radius 1 is 1.26 bits per heavy atom. The first-order valence-corrected chi connectivity index (χ1v) is 6.02. The van der Waals surface area contributed by atoms with Gasteiger partial charge < -0.3 is 16.8 Å². The molecule has 0 aromatic carbocycles. The Kier molecular flexibility index (Phi) is 2.68. The van der Waals surface area contributed by atoms with E-state index in [9.17, 15) is 0 Å². The van der Waals surface area contributed by atoms with E-state index in [1.165, 1.54) is 0 Å². The molecule has 3 rings (SSSR count). The number of aromatic nitrogens is 4. The summed E-state index contributed by atoms with van der Waals surface area (Å²) in [6.07, 6.45) is 4.12. The number of rotatable bonds is 3. The molecule has 0 aliphatic heterocycles. The molecule has 0 unspecified atom stereocenters. The number of imidazole rings is 1. The second-order valence-electron chi connectivity index (χ2n) is 4.37. The molecule has 3 aromatic rings. The zero-order valence-electron chi connectivity index (χ0n) is 10.6. The first-order chi connectivity index (χ1) is 9.20. The van der Waals surface area contributed by atoms with Gasteiger partial charge in [0, 0.05) is 0 Å². The molecule has 0 radical (unpaired) electrons. The van der Waals surface area contributed by atoms with E-state index >= 15 is 0 Å². The van der Waals surface area contributed by atoms with Crippen molar-refractivity contribution in [1.29, 1.82) is 0 Å². The lowest BCUT2D eigenvalue weighted by atomic mass is 10.1. The molecule has 98 valence electrons. The number of hydrogen-bond donors (Lipinski definition) is 3. The van der Waals surface area contributed by atoms with Crippen molar-refractivity contribution in [1.82, 2.24) is 24.7 Å². The van der Waals surface area contributed by atoms with Gasteiger partial charge in [0.2, 0.25) is 0 Å². The second-order valence-corrected chi connectivity index (χ2v) is 4.37. The SMILES string of the molecule is CNCCc1cc2nc(N)c3cncn3c2nc1N. The minimum Gasteiger partial charge on any atom is -0.383 e. The third-order valence-corrected chi connectivity index (χ3v) is 3.11. The molecule has 7 heteroatoms. The highest BCUT2D eigenvalue weighted by molar-refractivity contribution is 5.82. The molecule has 0 amide bonds. The van der Waals surface area contributed by atoms with Crippen LogP contribution in [0.1, 0.15) is 5.56 Å². The summed E-state index contributed by atoms with van der Waals surface area (Å²) in [6, 6.07) is 1.94. The predicted octanol–water partition coefficient (Wildman–Crippen LogP) is 0.204. The minimum absolute atomic E-state index is 0.441. The van der Waals surface area contributed by atoms with Crippen molar-refractivity contribution >= 4 is 28.3 Å². The van der Waals surface area contributed by atoms with E-state index in [0.717, 1.165) is 29.6 Å². The maximum atomic E-state index is 5.99. The fraction of sp³-hybridized carbons (Fsp3) is 0.250. The number of nitrogens with zero attached hydrogens (tertiary/aromatic N) is 4. The Morgan fingerprint density at radius 3 is 2.89 bits per heavy atom. The van der Waals surface area contributed by atoms with Crippen LogP contribution in [-0.4, -0.2) is 32.9 Å². The van der Waals surface area contributed by atoms with Crippen molar-refractivity contribution in [2.75, 3.05) is 25.1 Å². The highest BCUT2D eigenvalue weighted by Crippen LogP contribution is 2.21. The third kappa shape index (κ3) is 1.84. The van der Waals surface area contributed by atoms with Gasteiger partial charge in [-0.3, -0.25) is 4.40 Å². The van der Waals surface area contributed by atoms with Crippen LogP contribution in [0.4, 0.5) is 11.6 Å². The lowest BCUT2D eigenvalue weighted by Gasteiger charge is -2.08. The highest BCUT2D eigenvalue weighted by Gasteiger charge is 2.10. The van der Waals surface area contributed by atoms with Gasteiger partial charge in [-0.15, -0.1) is 0 Å². The predicted molar refractivity (Wildman–Crippen MR) is 74.7 cm³/mol. The summed E-state index contributed by atoms with van der Waals surface area (Å²) < 4.78 is 1.80. The van der Waals surface area contributed by atoms with E-state index < -0.39 is 0 Å². The van der Waals surface area contributed by atoms with E-state index in [1.54, 1.807) is 16.9 Å². The van der Waals surface area contributed by atoms with Gasteiger partial charge >= 0.3 is 0 Å². The number of pyridine rings is 1. The van der Waals surface area contributed by atoms with Gasteiger partial charge in [0.25, 0.3) is 0 Å². The van der Waals surface area contributed by atoms with E-state index in [4.69, 9.17) is 11.5 Å². The number of anilines is 2. The van der Waals surface area contributed by atoms with Gasteiger partial charge in [0.15, 0.2) is 5.65 Å². The monoisotopic (exact) mass is 257 g/mol. The quantitative estimate of drug-likeness (QED) is 0.619. The summed E-state index contributed by atoms with van der Waals surface area (Å²) in [5.74, 6) is 0.959. The van der Waals surface area contributed by atoms with Crippen LogP contribution in [0.2, 0.25) is 0 Å². The molecule has 0 atom stereocenters. The van der Waals surface area contributed by atoms with Crippen LogP contribution in [0.3, 0.4) is 0 Å². The maximum absolute atomic E-state index is 5.99. The standard InChI is InChI=1S/C12H15N7/c1-15-3-2-7-4-8-12(18-10(7)13)19-6-16-5-9(19)11(14)17-8/h4-6,15H,2-3H2,1H3,(H2,13,18)(H2,14,17). The maximum Gasteiger partial charge on any atom is 0.166 e. The molecule has 0 aliphatic carbocycles. The number of nitrogens with two attached hydrogens (primary N) is 2. The topological polar surface area (TPSA) is 107 Å². The molecule has 19 heavy (non-hydrogen) atoms. The van der Waals surface area contributed by atoms with Crippen LogP contribution in [-0.2, 0) is 6.42 Å². The molecule has 3 aromatic heterocycles. The van der Waals surface area contributed by atoms with Crippen molar-refractivity contribution in [2.24, 2.45) is 0 Å². The molecule has 0 bridgehead atoms. The average Bonchev–Trinajstić information content (AvgIpc) is 2.88. The Balaban J connectivity index is 2.25. The van der Waals surface area contributed by atoms with Gasteiger partial charge in [0.05, 0.1) is 6.20 Å². The van der Waals surface area contributed by atoms with Crippen molar-refractivity contribution in [3.8, 4) is 0 Å². The Bertz CT molecular complexity index is 746. The summed E-state index contributed by atoms with van der Waals surface area (Å²) in [4.78, 5) is 12.9. The van der Waals surface area contributed by atoms with E-state index in [0.29, 0.717) is 17.3 Å². The summed E-state index contributed by atoms with van der Waals surface area (Å²) in [5, 5.41) is 3.08. The number of nitrogens with one attached hydrogen (secondary N) is 1. The Hall–Kier alpha value is -2.41. The zero-order valence-corrected chi connectivity index (χ0v) is 10.6. The van der Waals surface area contributed by atoms with E-state index in [1.807, 2.05) is 13.1 Å². The van der Waals surface area contributed by atoms with Gasteiger partial charge in [-0.2, -0.15) is 0 Å². The summed E-state index contributed by atoms with van der Waals surface area (Å²) in [5.41, 5.74) is 15.0. The highest BCUT2D eigenvalue weighted by atomic mass is 15.1. The lowest BCUT2D eigenvalue weighted by molar-refractivity contribution is 0.791. The first-order valence-electron chi connectivity index (χ1n) is 6.02. The molecule has 0 saturated carbocycles. The van der Waals surface area contributed by atoms with E-state index in [2.05, 4.69) is 20.3 Å². The smallest absolute Gasteiger partial charge is 0.166 e. The van der Waals surface area contributed by atoms with Gasteiger partial charge in [-0.05, 0) is 31.6 Å². The fourth-order valence-corrected chi connectivity index (χ4v) is 2.11. The molecule has 0 spiro atoms. The molecule has 0 fully saturated rings. The second kappa shape index (κ2) is 4.36. The van der Waals surface area contributed by atoms with Crippen molar-refractivity contribution in [2.45, 2.75) is 6.42 Å². The van der Waals surface area contributed by atoms with Crippen LogP contribution >= 0.6 is 0 Å². The van der Waals surface area contributed by atoms with Crippen molar-refractivity contribution < 1.29 is 0 Å². The summed E-state index contributed by atoms with van der Waals surface area (Å²) in [6.45, 7) is 0.834. The molecular weight excluding hydrogens is 242 g/mol. The van der Waals surface area contributed by atoms with Crippen LogP contribution in [0.5, 0.6) is 0 Å². The lowest BCUT2D eigenvalue weighted by Crippen LogP contribution is -2.12. The summed E-state index contributed by atoms with van der Waals surface area (Å²) >= 11 is 0. The van der Waals surface area contributed by atoms with Gasteiger partial charge in [-0.1, -0.05) is 0 Å². The molecule has 0 saturated heterocycles. The molecule has 0 aliphatic rings. The van der Waals surface area contributed by atoms with Crippen LogP contribution in [0.25, 0.3) is 16.7 Å². The Labute approximate surface area is 109 Å². The number of fused-ring (bicyclic) bond motifs is 3. The number of nitrogen functional groups attached to an aromatic ring is 2. The minimum atomic E-state index is 0.441. The van der Waals surface area contributed by atoms with Crippen molar-refractivity contribution in [3.05, 3.63) is 24.2 Å². The Morgan fingerprint density at radius 2 is 2.11 bits per heavy atom. The van der Waals surface area contributed by atoms with Crippen LogP contribution in [0, 0.1) is 0 Å². The third-order valence-electron chi connectivity index (χ3n) is 3.11. The van der Waals surface area contributed by atoms with Gasteiger partial charge in [0.1, 0.15) is 29.0 Å². The van der Waals surface area contributed by atoms with Crippen LogP contribution in [0.15, 0.2) is 18.6 Å². The van der Waals surface area contributed by atoms with Gasteiger partial charge in [-0.25, -0.2) is 15.0 Å². The van der Waals surface area contributed by atoms with Crippen LogP contribution < -0.4 is 16.8 Å². The normalized spacial score (nSPS) is 11.4. The number of likely N-dealkylation sites (N-methyl/N-ethyl adjacent to an activating group) is 1. The zero-order chi connectivity index (χ0) is 13.4.